The summed E-state index contributed by atoms with van der Waals surface area (Å²) in [6.07, 6.45) is 6.31. The van der Waals surface area contributed by atoms with Gasteiger partial charge in [0.05, 0.1) is 12.1 Å². The van der Waals surface area contributed by atoms with Gasteiger partial charge in [0, 0.05) is 32.4 Å². The van der Waals surface area contributed by atoms with Crippen LogP contribution >= 0.6 is 0 Å². The molecule has 2 fully saturated rings. The number of amides is 1. The zero-order valence-electron chi connectivity index (χ0n) is 12.7. The van der Waals surface area contributed by atoms with Crippen molar-refractivity contribution in [2.75, 3.05) is 31.9 Å². The maximum Gasteiger partial charge on any atom is 0.239 e. The highest BCUT2D eigenvalue weighted by Crippen LogP contribution is 2.24. The summed E-state index contributed by atoms with van der Waals surface area (Å²) in [4.78, 5) is 16.8. The monoisotopic (exact) mass is 291 g/mol. The number of carbonyl (C=O) groups excluding carboxylic acids is 1. The number of piperidine rings is 1. The Morgan fingerprint density at radius 2 is 1.95 bits per heavy atom. The molecule has 6 heteroatoms. The fourth-order valence-corrected chi connectivity index (χ4v) is 3.45. The number of aromatic nitrogens is 2. The van der Waals surface area contributed by atoms with Gasteiger partial charge in [0.25, 0.3) is 0 Å². The Hall–Kier alpha value is -1.56. The number of nitrogens with two attached hydrogens (primary N) is 1. The molecule has 0 radical (unpaired) electrons. The molecule has 0 aromatic carbocycles. The quantitative estimate of drug-likeness (QED) is 0.906. The van der Waals surface area contributed by atoms with Crippen LogP contribution in [0.4, 0.5) is 5.82 Å². The maximum atomic E-state index is 12.4. The van der Waals surface area contributed by atoms with Gasteiger partial charge >= 0.3 is 0 Å². The van der Waals surface area contributed by atoms with Crippen LogP contribution in [0, 0.1) is 0 Å². The lowest BCUT2D eigenvalue weighted by molar-refractivity contribution is -0.135. The molecular weight excluding hydrogens is 266 g/mol. The molecule has 3 heterocycles. The van der Waals surface area contributed by atoms with Crippen LogP contribution in [0.15, 0.2) is 12.3 Å². The van der Waals surface area contributed by atoms with Gasteiger partial charge in [0.1, 0.15) is 5.82 Å². The van der Waals surface area contributed by atoms with Gasteiger partial charge in [-0.15, -0.1) is 0 Å². The van der Waals surface area contributed by atoms with E-state index < -0.39 is 0 Å². The number of carbonyl (C=O) groups is 1. The highest BCUT2D eigenvalue weighted by Gasteiger charge is 2.30. The van der Waals surface area contributed by atoms with Gasteiger partial charge in [-0.3, -0.25) is 14.4 Å². The van der Waals surface area contributed by atoms with E-state index in [1.54, 1.807) is 0 Å². The molecule has 0 aliphatic carbocycles. The average molecular weight is 291 g/mol. The summed E-state index contributed by atoms with van der Waals surface area (Å²) in [7, 11) is 0. The van der Waals surface area contributed by atoms with Crippen LogP contribution < -0.4 is 5.73 Å². The first-order chi connectivity index (χ1) is 10.1. The zero-order valence-corrected chi connectivity index (χ0v) is 12.7. The van der Waals surface area contributed by atoms with Gasteiger partial charge in [-0.25, -0.2) is 0 Å². The molecule has 2 N–H and O–H groups in total. The summed E-state index contributed by atoms with van der Waals surface area (Å²) >= 11 is 0. The van der Waals surface area contributed by atoms with E-state index in [1.807, 2.05) is 28.8 Å². The van der Waals surface area contributed by atoms with E-state index in [4.69, 9.17) is 5.73 Å². The molecule has 1 atom stereocenters. The molecule has 2 saturated heterocycles. The first-order valence-corrected chi connectivity index (χ1v) is 7.98. The number of anilines is 1. The topological polar surface area (TPSA) is 67.4 Å². The molecule has 1 aromatic rings. The average Bonchev–Trinajstić information content (AvgIpc) is 3.17. The fraction of sp³-hybridized carbons (Fsp3) is 0.733. The van der Waals surface area contributed by atoms with Gasteiger partial charge in [-0.2, -0.15) is 5.10 Å². The molecule has 1 unspecified atom stereocenters. The van der Waals surface area contributed by atoms with Crippen LogP contribution in [0.25, 0.3) is 0 Å². The maximum absolute atomic E-state index is 12.4. The van der Waals surface area contributed by atoms with E-state index in [-0.39, 0.29) is 6.04 Å². The van der Waals surface area contributed by atoms with E-state index in [0.29, 0.717) is 17.8 Å². The highest BCUT2D eigenvalue weighted by molar-refractivity contribution is 5.81. The predicted molar refractivity (Wildman–Crippen MR) is 81.8 cm³/mol. The second-order valence-electron chi connectivity index (χ2n) is 6.20. The second kappa shape index (κ2) is 6.05. The summed E-state index contributed by atoms with van der Waals surface area (Å²) in [5, 5.41) is 4.30. The first kappa shape index (κ1) is 14.4. The van der Waals surface area contributed by atoms with Crippen molar-refractivity contribution in [2.45, 2.75) is 44.7 Å². The Bertz CT molecular complexity index is 486. The van der Waals surface area contributed by atoms with E-state index >= 15 is 0 Å². The number of hydrogen-bond donors (Lipinski definition) is 1. The summed E-state index contributed by atoms with van der Waals surface area (Å²) in [5.74, 6) is 0.879. The van der Waals surface area contributed by atoms with Crippen molar-refractivity contribution in [3.63, 3.8) is 0 Å². The van der Waals surface area contributed by atoms with E-state index in [9.17, 15) is 4.79 Å². The Morgan fingerprint density at radius 1 is 1.29 bits per heavy atom. The molecular formula is C15H25N5O. The second-order valence-corrected chi connectivity index (χ2v) is 6.20. The molecule has 0 spiro atoms. The van der Waals surface area contributed by atoms with Gasteiger partial charge in [-0.05, 0) is 38.7 Å². The molecule has 3 rings (SSSR count). The molecule has 116 valence electrons. The van der Waals surface area contributed by atoms with E-state index in [2.05, 4.69) is 10.00 Å². The summed E-state index contributed by atoms with van der Waals surface area (Å²) in [5.41, 5.74) is 5.68. The molecule has 2 aliphatic rings. The zero-order chi connectivity index (χ0) is 14.8. The number of nitrogens with zero attached hydrogens (tertiary/aromatic N) is 4. The molecule has 1 amide bonds. The minimum absolute atomic E-state index is 0.00624. The third-order valence-corrected chi connectivity index (χ3v) is 4.83. The third-order valence-electron chi connectivity index (χ3n) is 4.83. The fourth-order valence-electron chi connectivity index (χ4n) is 3.45. The Morgan fingerprint density at radius 3 is 2.52 bits per heavy atom. The van der Waals surface area contributed by atoms with Crippen LogP contribution in [0.2, 0.25) is 0 Å². The number of rotatable bonds is 3. The van der Waals surface area contributed by atoms with Crippen LogP contribution in [0.1, 0.15) is 38.6 Å². The van der Waals surface area contributed by atoms with Gasteiger partial charge in [0.15, 0.2) is 0 Å². The number of hydrogen-bond acceptors (Lipinski definition) is 4. The SMILES string of the molecule is CC(C(=O)N1CCCC1)N1CCC(n2ccc(N)n2)CC1. The largest absolute Gasteiger partial charge is 0.382 e. The number of likely N-dealkylation sites (tertiary alicyclic amines) is 2. The van der Waals surface area contributed by atoms with Gasteiger partial charge in [0.2, 0.25) is 5.91 Å². The van der Waals surface area contributed by atoms with Crippen molar-refractivity contribution in [1.82, 2.24) is 19.6 Å². The molecule has 2 aliphatic heterocycles. The molecule has 0 saturated carbocycles. The number of nitrogen functional groups attached to an aromatic ring is 1. The predicted octanol–water partition coefficient (Wildman–Crippen LogP) is 1.11. The van der Waals surface area contributed by atoms with Crippen LogP contribution in [-0.2, 0) is 4.79 Å². The lowest BCUT2D eigenvalue weighted by Gasteiger charge is -2.36. The molecule has 1 aromatic heterocycles. The lowest BCUT2D eigenvalue weighted by Crippen LogP contribution is -2.49. The third kappa shape index (κ3) is 3.05. The molecule has 0 bridgehead atoms. The van der Waals surface area contributed by atoms with Crippen molar-refractivity contribution >= 4 is 11.7 Å². The smallest absolute Gasteiger partial charge is 0.239 e. The van der Waals surface area contributed by atoms with Crippen molar-refractivity contribution in [1.29, 1.82) is 0 Å². The van der Waals surface area contributed by atoms with E-state index in [0.717, 1.165) is 51.9 Å². The van der Waals surface area contributed by atoms with Crippen molar-refractivity contribution in [3.8, 4) is 0 Å². The van der Waals surface area contributed by atoms with Crippen LogP contribution in [-0.4, -0.2) is 57.7 Å². The minimum atomic E-state index is 0.00624. The Balaban J connectivity index is 1.54. The van der Waals surface area contributed by atoms with Gasteiger partial charge < -0.3 is 10.6 Å². The van der Waals surface area contributed by atoms with Crippen molar-refractivity contribution in [3.05, 3.63) is 12.3 Å². The normalized spacial score (nSPS) is 22.6. The summed E-state index contributed by atoms with van der Waals surface area (Å²) in [6, 6.07) is 2.26. The van der Waals surface area contributed by atoms with Crippen molar-refractivity contribution in [2.24, 2.45) is 0 Å². The summed E-state index contributed by atoms with van der Waals surface area (Å²) in [6.45, 7) is 5.82. The summed E-state index contributed by atoms with van der Waals surface area (Å²) < 4.78 is 1.97. The Kier molecular flexibility index (Phi) is 4.14. The van der Waals surface area contributed by atoms with Gasteiger partial charge in [-0.1, -0.05) is 0 Å². The highest BCUT2D eigenvalue weighted by atomic mass is 16.2. The van der Waals surface area contributed by atoms with E-state index in [1.165, 1.54) is 0 Å². The van der Waals surface area contributed by atoms with Crippen LogP contribution in [0.3, 0.4) is 0 Å². The molecule has 6 nitrogen and oxygen atoms in total. The first-order valence-electron chi connectivity index (χ1n) is 7.98. The minimum Gasteiger partial charge on any atom is -0.382 e. The standard InChI is InChI=1S/C15H25N5O/c1-12(15(21)19-7-2-3-8-19)18-9-4-13(5-10-18)20-11-6-14(16)17-20/h6,11-13H,2-5,7-10H2,1H3,(H2,16,17). The Labute approximate surface area is 125 Å². The molecule has 21 heavy (non-hydrogen) atoms. The van der Waals surface area contributed by atoms with Crippen LogP contribution in [0.5, 0.6) is 0 Å². The lowest BCUT2D eigenvalue weighted by atomic mass is 10.0. The van der Waals surface area contributed by atoms with Crippen molar-refractivity contribution < 1.29 is 4.79 Å².